The van der Waals surface area contributed by atoms with E-state index >= 15 is 0 Å². The molecule has 21 heavy (non-hydrogen) atoms. The molecule has 106 valence electrons. The van der Waals surface area contributed by atoms with Crippen LogP contribution in [0.3, 0.4) is 0 Å². The van der Waals surface area contributed by atoms with E-state index in [1.54, 1.807) is 30.3 Å². The molecule has 0 saturated carbocycles. The predicted molar refractivity (Wildman–Crippen MR) is 78.4 cm³/mol. The minimum atomic E-state index is -1.62. The predicted octanol–water partition coefficient (Wildman–Crippen LogP) is 4.09. The van der Waals surface area contributed by atoms with E-state index in [-0.39, 0.29) is 20.8 Å². The first-order valence-electron chi connectivity index (χ1n) is 6.02. The minimum Gasteiger partial charge on any atom is -0.464 e. The third-order valence-electron chi connectivity index (χ3n) is 3.46. The Morgan fingerprint density at radius 1 is 1.38 bits per heavy atom. The lowest BCUT2D eigenvalue weighted by Crippen LogP contribution is -2.33. The summed E-state index contributed by atoms with van der Waals surface area (Å²) in [6.45, 7) is 0. The highest BCUT2D eigenvalue weighted by atomic mass is 79.9. The van der Waals surface area contributed by atoms with Crippen molar-refractivity contribution in [2.45, 2.75) is 11.7 Å². The molecule has 1 N–H and O–H groups in total. The number of rotatable bonds is 1. The highest BCUT2D eigenvalue weighted by Crippen LogP contribution is 2.53. The van der Waals surface area contributed by atoms with Crippen molar-refractivity contribution in [2.75, 3.05) is 0 Å². The molecule has 0 fully saturated rings. The van der Waals surface area contributed by atoms with Gasteiger partial charge < -0.3 is 9.84 Å². The maximum atomic E-state index is 13.7. The van der Waals surface area contributed by atoms with Gasteiger partial charge in [-0.25, -0.2) is 4.39 Å². The van der Waals surface area contributed by atoms with Crippen LogP contribution in [0.5, 0.6) is 5.75 Å². The number of aliphatic hydroxyl groups excluding tert-OH is 1. The van der Waals surface area contributed by atoms with E-state index < -0.39 is 17.5 Å². The number of halogens is 3. The summed E-state index contributed by atoms with van der Waals surface area (Å²) in [6, 6.07) is 11.7. The molecule has 0 spiro atoms. The number of hydrogen-bond acceptors (Lipinski definition) is 3. The van der Waals surface area contributed by atoms with Crippen LogP contribution < -0.4 is 4.74 Å². The Bertz CT molecular complexity index is 763. The molecule has 1 aliphatic heterocycles. The van der Waals surface area contributed by atoms with Gasteiger partial charge in [0.05, 0.1) is 5.02 Å². The van der Waals surface area contributed by atoms with Gasteiger partial charge in [0, 0.05) is 21.7 Å². The lowest BCUT2D eigenvalue weighted by Gasteiger charge is -2.24. The lowest BCUT2D eigenvalue weighted by atomic mass is 9.88. The summed E-state index contributed by atoms with van der Waals surface area (Å²) >= 11 is 8.99. The van der Waals surface area contributed by atoms with E-state index in [1.807, 2.05) is 6.07 Å². The van der Waals surface area contributed by atoms with Gasteiger partial charge in [-0.3, -0.25) is 0 Å². The number of nitrogens with zero attached hydrogens (tertiary/aromatic N) is 1. The first-order valence-corrected chi connectivity index (χ1v) is 7.19. The smallest absolute Gasteiger partial charge is 0.249 e. The molecule has 1 aliphatic rings. The first-order chi connectivity index (χ1) is 10.0. The maximum absolute atomic E-state index is 13.7. The molecule has 0 saturated heterocycles. The van der Waals surface area contributed by atoms with Crippen LogP contribution in [-0.4, -0.2) is 5.11 Å². The van der Waals surface area contributed by atoms with Crippen LogP contribution in [-0.2, 0) is 5.60 Å². The fourth-order valence-electron chi connectivity index (χ4n) is 2.41. The average Bonchev–Trinajstić information content (AvgIpc) is 2.79. The molecule has 0 aliphatic carbocycles. The molecule has 0 aromatic heterocycles. The van der Waals surface area contributed by atoms with Crippen molar-refractivity contribution in [3.05, 3.63) is 62.8 Å². The van der Waals surface area contributed by atoms with Gasteiger partial charge >= 0.3 is 0 Å². The molecular weight excluding hydrogens is 361 g/mol. The zero-order chi connectivity index (χ0) is 15.2. The molecular formula is C15H8BrClFNO2. The molecule has 0 radical (unpaired) electrons. The summed E-state index contributed by atoms with van der Waals surface area (Å²) in [4.78, 5) is 0. The number of aliphatic hydroxyl groups is 1. The Labute approximate surface area is 133 Å². The Morgan fingerprint density at radius 2 is 2.05 bits per heavy atom. The summed E-state index contributed by atoms with van der Waals surface area (Å²) in [6.07, 6.45) is -1.28. The van der Waals surface area contributed by atoms with Gasteiger partial charge in [-0.15, -0.1) is 0 Å². The molecule has 3 nitrogen and oxygen atoms in total. The Hall–Kier alpha value is -1.61. The molecule has 1 heterocycles. The van der Waals surface area contributed by atoms with Crippen molar-refractivity contribution in [2.24, 2.45) is 0 Å². The summed E-state index contributed by atoms with van der Waals surface area (Å²) in [5.41, 5.74) is -0.866. The van der Waals surface area contributed by atoms with Crippen LogP contribution in [0.2, 0.25) is 5.02 Å². The zero-order valence-electron chi connectivity index (χ0n) is 10.5. The van der Waals surface area contributed by atoms with Crippen LogP contribution >= 0.6 is 27.5 Å². The SMILES string of the molecule is N#CC1(c2ccccc2)Oc2cc(F)c(Cl)c(Br)c2C1O. The third kappa shape index (κ3) is 1.95. The summed E-state index contributed by atoms with van der Waals surface area (Å²) in [5, 5.41) is 20.0. The Balaban J connectivity index is 2.22. The van der Waals surface area contributed by atoms with Crippen molar-refractivity contribution in [3.63, 3.8) is 0 Å². The van der Waals surface area contributed by atoms with Crippen LogP contribution in [0.15, 0.2) is 40.9 Å². The summed E-state index contributed by atoms with van der Waals surface area (Å²) in [5.74, 6) is -0.585. The zero-order valence-corrected chi connectivity index (χ0v) is 12.8. The second-order valence-corrected chi connectivity index (χ2v) is 5.79. The highest BCUT2D eigenvalue weighted by Gasteiger charge is 2.51. The van der Waals surface area contributed by atoms with E-state index in [4.69, 9.17) is 16.3 Å². The topological polar surface area (TPSA) is 53.2 Å². The van der Waals surface area contributed by atoms with Gasteiger partial charge in [0.1, 0.15) is 23.7 Å². The van der Waals surface area contributed by atoms with Crippen LogP contribution in [0.1, 0.15) is 17.2 Å². The molecule has 6 heteroatoms. The van der Waals surface area contributed by atoms with Crippen molar-refractivity contribution in [3.8, 4) is 11.8 Å². The van der Waals surface area contributed by atoms with Gasteiger partial charge in [0.2, 0.25) is 5.60 Å². The maximum Gasteiger partial charge on any atom is 0.249 e. The highest BCUT2D eigenvalue weighted by molar-refractivity contribution is 9.10. The fourth-order valence-corrected chi connectivity index (χ4v) is 3.17. The van der Waals surface area contributed by atoms with E-state index in [2.05, 4.69) is 15.9 Å². The average molecular weight is 369 g/mol. The number of benzene rings is 2. The molecule has 2 unspecified atom stereocenters. The van der Waals surface area contributed by atoms with E-state index in [0.717, 1.165) is 6.07 Å². The van der Waals surface area contributed by atoms with E-state index in [0.29, 0.717) is 5.56 Å². The second-order valence-electron chi connectivity index (χ2n) is 4.62. The molecule has 2 aromatic carbocycles. The number of ether oxygens (including phenoxy) is 1. The number of nitriles is 1. The Morgan fingerprint density at radius 3 is 2.67 bits per heavy atom. The fraction of sp³-hybridized carbons (Fsp3) is 0.133. The summed E-state index contributed by atoms with van der Waals surface area (Å²) in [7, 11) is 0. The van der Waals surface area contributed by atoms with Gasteiger partial charge in [0.15, 0.2) is 0 Å². The first kappa shape index (κ1) is 14.3. The van der Waals surface area contributed by atoms with E-state index in [9.17, 15) is 14.8 Å². The molecule has 3 rings (SSSR count). The van der Waals surface area contributed by atoms with Crippen molar-refractivity contribution < 1.29 is 14.2 Å². The summed E-state index contributed by atoms with van der Waals surface area (Å²) < 4.78 is 19.5. The molecule has 0 amide bonds. The number of hydrogen-bond donors (Lipinski definition) is 1. The quantitative estimate of drug-likeness (QED) is 0.772. The second kappa shape index (κ2) is 4.99. The molecule has 0 bridgehead atoms. The van der Waals surface area contributed by atoms with Crippen molar-refractivity contribution in [1.82, 2.24) is 0 Å². The Kier molecular flexibility index (Phi) is 3.40. The molecule has 2 atom stereocenters. The van der Waals surface area contributed by atoms with Crippen LogP contribution in [0.25, 0.3) is 0 Å². The van der Waals surface area contributed by atoms with Crippen LogP contribution in [0.4, 0.5) is 4.39 Å². The van der Waals surface area contributed by atoms with Gasteiger partial charge in [-0.2, -0.15) is 5.26 Å². The normalized spacial score (nSPS) is 23.3. The largest absolute Gasteiger partial charge is 0.464 e. The van der Waals surface area contributed by atoms with E-state index in [1.165, 1.54) is 0 Å². The molecule has 2 aromatic rings. The monoisotopic (exact) mass is 367 g/mol. The third-order valence-corrected chi connectivity index (χ3v) is 4.88. The minimum absolute atomic E-state index is 0.0988. The van der Waals surface area contributed by atoms with Crippen molar-refractivity contribution >= 4 is 27.5 Å². The van der Waals surface area contributed by atoms with Gasteiger partial charge in [-0.05, 0) is 15.9 Å². The van der Waals surface area contributed by atoms with Crippen LogP contribution in [0, 0.1) is 17.1 Å². The van der Waals surface area contributed by atoms with Gasteiger partial charge in [-0.1, -0.05) is 41.9 Å². The van der Waals surface area contributed by atoms with Crippen molar-refractivity contribution in [1.29, 1.82) is 5.26 Å². The standard InChI is InChI=1S/C15H8BrClFNO2/c16-12-11-10(6-9(18)13(12)17)21-15(7-19,14(11)20)8-4-2-1-3-5-8/h1-6,14,20H. The van der Waals surface area contributed by atoms with Gasteiger partial charge in [0.25, 0.3) is 0 Å². The lowest BCUT2D eigenvalue weighted by molar-refractivity contribution is 0.0113. The number of fused-ring (bicyclic) bond motifs is 1.